The molecule has 3 N–H and O–H groups in total. The van der Waals surface area contributed by atoms with Crippen molar-refractivity contribution in [2.75, 3.05) is 10.6 Å². The molecule has 0 spiro atoms. The van der Waals surface area contributed by atoms with Crippen molar-refractivity contribution in [2.45, 2.75) is 33.2 Å². The Morgan fingerprint density at radius 3 is 1.77 bits per heavy atom. The first-order chi connectivity index (χ1) is 12.1. The van der Waals surface area contributed by atoms with Crippen LogP contribution in [0.15, 0.2) is 48.5 Å². The van der Waals surface area contributed by atoms with E-state index in [1.807, 2.05) is 20.8 Å². The Balaban J connectivity index is 2.06. The second kappa shape index (κ2) is 7.82. The minimum Gasteiger partial charge on any atom is -0.347 e. The molecule has 136 valence electrons. The highest BCUT2D eigenvalue weighted by Crippen LogP contribution is 2.16. The summed E-state index contributed by atoms with van der Waals surface area (Å²) in [5.41, 5.74) is 1.76. The molecule has 0 atom stereocenters. The van der Waals surface area contributed by atoms with Gasteiger partial charge in [0.1, 0.15) is 0 Å². The van der Waals surface area contributed by atoms with Gasteiger partial charge < -0.3 is 16.0 Å². The van der Waals surface area contributed by atoms with Crippen molar-refractivity contribution in [1.82, 2.24) is 5.32 Å². The third-order valence-corrected chi connectivity index (χ3v) is 3.34. The van der Waals surface area contributed by atoms with Crippen molar-refractivity contribution in [1.29, 1.82) is 0 Å². The highest BCUT2D eigenvalue weighted by atomic mass is 16.2. The van der Waals surface area contributed by atoms with E-state index in [0.717, 1.165) is 0 Å². The van der Waals surface area contributed by atoms with Gasteiger partial charge in [0.05, 0.1) is 0 Å². The van der Waals surface area contributed by atoms with Crippen LogP contribution in [0.4, 0.5) is 11.4 Å². The Morgan fingerprint density at radius 1 is 0.769 bits per heavy atom. The van der Waals surface area contributed by atoms with Crippen LogP contribution in [0.3, 0.4) is 0 Å². The maximum Gasteiger partial charge on any atom is 0.255 e. The molecule has 0 aromatic heterocycles. The Bertz CT molecular complexity index is 821. The monoisotopic (exact) mass is 353 g/mol. The van der Waals surface area contributed by atoms with Crippen LogP contribution in [0, 0.1) is 0 Å². The summed E-state index contributed by atoms with van der Waals surface area (Å²) in [6.07, 6.45) is 0. The largest absolute Gasteiger partial charge is 0.347 e. The van der Waals surface area contributed by atoms with Gasteiger partial charge in [-0.3, -0.25) is 14.4 Å². The highest BCUT2D eigenvalue weighted by molar-refractivity contribution is 6.05. The molecule has 6 heteroatoms. The van der Waals surface area contributed by atoms with Gasteiger partial charge in [-0.25, -0.2) is 0 Å². The average molecular weight is 353 g/mol. The van der Waals surface area contributed by atoms with E-state index in [-0.39, 0.29) is 23.3 Å². The summed E-state index contributed by atoms with van der Waals surface area (Å²) in [6.45, 7) is 7.13. The van der Waals surface area contributed by atoms with Crippen LogP contribution in [0.2, 0.25) is 0 Å². The maximum absolute atomic E-state index is 12.4. The van der Waals surface area contributed by atoms with Crippen LogP contribution < -0.4 is 16.0 Å². The van der Waals surface area contributed by atoms with E-state index in [1.54, 1.807) is 48.5 Å². The molecular weight excluding hydrogens is 330 g/mol. The van der Waals surface area contributed by atoms with Crippen molar-refractivity contribution in [3.05, 3.63) is 59.7 Å². The first kappa shape index (κ1) is 19.2. The Morgan fingerprint density at radius 2 is 1.27 bits per heavy atom. The van der Waals surface area contributed by atoms with E-state index in [9.17, 15) is 14.4 Å². The summed E-state index contributed by atoms with van der Waals surface area (Å²) in [5, 5.41) is 8.30. The first-order valence-corrected chi connectivity index (χ1v) is 8.26. The Kier molecular flexibility index (Phi) is 5.77. The van der Waals surface area contributed by atoms with Gasteiger partial charge >= 0.3 is 0 Å². The minimum atomic E-state index is -0.327. The summed E-state index contributed by atoms with van der Waals surface area (Å²) in [4.78, 5) is 35.6. The summed E-state index contributed by atoms with van der Waals surface area (Å²) < 4.78 is 0. The molecule has 0 aliphatic heterocycles. The van der Waals surface area contributed by atoms with Crippen LogP contribution in [0.5, 0.6) is 0 Å². The molecule has 26 heavy (non-hydrogen) atoms. The van der Waals surface area contributed by atoms with E-state index in [1.165, 1.54) is 6.92 Å². The number of anilines is 2. The standard InChI is InChI=1S/C20H23N3O3/c1-13(24)21-16-6-5-7-17(12-16)22-18(25)14-8-10-15(11-9-14)19(26)23-20(2,3)4/h5-12H,1-4H3,(H,21,24)(H,22,25)(H,23,26). The number of benzene rings is 2. The molecule has 0 fully saturated rings. The molecule has 3 amide bonds. The molecule has 2 rings (SSSR count). The molecule has 0 saturated carbocycles. The Labute approximate surface area is 153 Å². The van der Waals surface area contributed by atoms with E-state index in [4.69, 9.17) is 0 Å². The van der Waals surface area contributed by atoms with E-state index in [0.29, 0.717) is 22.5 Å². The lowest BCUT2D eigenvalue weighted by Gasteiger charge is -2.20. The number of hydrogen-bond acceptors (Lipinski definition) is 3. The van der Waals surface area contributed by atoms with Gasteiger partial charge in [0.15, 0.2) is 0 Å². The number of carbonyl (C=O) groups is 3. The van der Waals surface area contributed by atoms with E-state index < -0.39 is 0 Å². The van der Waals surface area contributed by atoms with Gasteiger partial charge in [0, 0.05) is 35.0 Å². The van der Waals surface area contributed by atoms with E-state index in [2.05, 4.69) is 16.0 Å². The molecule has 0 aliphatic rings. The average Bonchev–Trinajstić information content (AvgIpc) is 2.53. The number of rotatable bonds is 4. The molecule has 0 bridgehead atoms. The summed E-state index contributed by atoms with van der Waals surface area (Å²) >= 11 is 0. The molecule has 0 heterocycles. The lowest BCUT2D eigenvalue weighted by molar-refractivity contribution is -0.114. The van der Waals surface area contributed by atoms with Crippen molar-refractivity contribution >= 4 is 29.1 Å². The van der Waals surface area contributed by atoms with Crippen LogP contribution in [0.1, 0.15) is 48.4 Å². The Hall–Kier alpha value is -3.15. The van der Waals surface area contributed by atoms with Crippen LogP contribution in [-0.4, -0.2) is 23.3 Å². The van der Waals surface area contributed by atoms with Crippen LogP contribution in [-0.2, 0) is 4.79 Å². The predicted octanol–water partition coefficient (Wildman–Crippen LogP) is 3.43. The third-order valence-electron chi connectivity index (χ3n) is 3.34. The summed E-state index contributed by atoms with van der Waals surface area (Å²) in [6, 6.07) is 13.3. The molecule has 6 nitrogen and oxygen atoms in total. The predicted molar refractivity (Wildman–Crippen MR) is 102 cm³/mol. The van der Waals surface area contributed by atoms with Gasteiger partial charge in [-0.15, -0.1) is 0 Å². The number of nitrogens with one attached hydrogen (secondary N) is 3. The fourth-order valence-electron chi connectivity index (χ4n) is 2.27. The van der Waals surface area contributed by atoms with Crippen molar-refractivity contribution in [3.8, 4) is 0 Å². The molecule has 0 aliphatic carbocycles. The fraction of sp³-hybridized carbons (Fsp3) is 0.250. The maximum atomic E-state index is 12.4. The van der Waals surface area contributed by atoms with Gasteiger partial charge in [-0.1, -0.05) is 6.07 Å². The molecule has 2 aromatic rings. The molecule has 0 radical (unpaired) electrons. The fourth-order valence-corrected chi connectivity index (χ4v) is 2.27. The zero-order chi connectivity index (χ0) is 19.3. The highest BCUT2D eigenvalue weighted by Gasteiger charge is 2.15. The van der Waals surface area contributed by atoms with E-state index >= 15 is 0 Å². The molecule has 0 unspecified atom stereocenters. The number of hydrogen-bond donors (Lipinski definition) is 3. The zero-order valence-electron chi connectivity index (χ0n) is 15.3. The van der Waals surface area contributed by atoms with Crippen LogP contribution >= 0.6 is 0 Å². The first-order valence-electron chi connectivity index (χ1n) is 8.26. The van der Waals surface area contributed by atoms with Crippen molar-refractivity contribution in [3.63, 3.8) is 0 Å². The lowest BCUT2D eigenvalue weighted by atomic mass is 10.1. The molecular formula is C20H23N3O3. The summed E-state index contributed by atoms with van der Waals surface area (Å²) in [5.74, 6) is -0.669. The van der Waals surface area contributed by atoms with Crippen molar-refractivity contribution < 1.29 is 14.4 Å². The smallest absolute Gasteiger partial charge is 0.255 e. The second-order valence-electron chi connectivity index (χ2n) is 7.00. The van der Waals surface area contributed by atoms with Gasteiger partial charge in [0.25, 0.3) is 11.8 Å². The topological polar surface area (TPSA) is 87.3 Å². The molecule has 2 aromatic carbocycles. The zero-order valence-corrected chi connectivity index (χ0v) is 15.3. The van der Waals surface area contributed by atoms with Crippen molar-refractivity contribution in [2.24, 2.45) is 0 Å². The minimum absolute atomic E-state index is 0.183. The van der Waals surface area contributed by atoms with Gasteiger partial charge in [-0.2, -0.15) is 0 Å². The number of carbonyl (C=O) groups excluding carboxylic acids is 3. The van der Waals surface area contributed by atoms with Gasteiger partial charge in [-0.05, 0) is 63.2 Å². The summed E-state index contributed by atoms with van der Waals surface area (Å²) in [7, 11) is 0. The molecule has 0 saturated heterocycles. The third kappa shape index (κ3) is 5.73. The van der Waals surface area contributed by atoms with Gasteiger partial charge in [0.2, 0.25) is 5.91 Å². The van der Waals surface area contributed by atoms with Crippen LogP contribution in [0.25, 0.3) is 0 Å². The lowest BCUT2D eigenvalue weighted by Crippen LogP contribution is -2.40. The normalized spacial score (nSPS) is 10.8. The quantitative estimate of drug-likeness (QED) is 0.787. The SMILES string of the molecule is CC(=O)Nc1cccc(NC(=O)c2ccc(C(=O)NC(C)(C)C)cc2)c1. The number of amides is 3. The second-order valence-corrected chi connectivity index (χ2v) is 7.00.